The van der Waals surface area contributed by atoms with Gasteiger partial charge in [-0.2, -0.15) is 4.98 Å². The second-order valence-corrected chi connectivity index (χ2v) is 8.29. The second-order valence-electron chi connectivity index (χ2n) is 7.35. The summed E-state index contributed by atoms with van der Waals surface area (Å²) in [6, 6.07) is 21.8. The minimum absolute atomic E-state index is 0.462. The zero-order valence-corrected chi connectivity index (χ0v) is 19.4. The van der Waals surface area contributed by atoms with Crippen LogP contribution in [0, 0.1) is 0 Å². The molecule has 2 aromatic carbocycles. The van der Waals surface area contributed by atoms with Crippen molar-refractivity contribution in [3.63, 3.8) is 0 Å². The molecular weight excluding hydrogens is 448 g/mol. The third-order valence-corrected chi connectivity index (χ3v) is 5.99. The van der Waals surface area contributed by atoms with Crippen molar-refractivity contribution in [2.75, 3.05) is 6.61 Å². The molecule has 0 radical (unpaired) electrons. The standard InChI is InChI=1S/C25H22N6O2S/c1-2-32-21-13-7-6-12-20(21)23-27-22(33-30-23)17-34-25-29-28-24(19-11-8-14-26-15-19)31(25)16-18-9-4-3-5-10-18/h3-15H,2,16-17H2,1H3. The lowest BCUT2D eigenvalue weighted by Crippen LogP contribution is -2.04. The fraction of sp³-hybridized carbons (Fsp3) is 0.160. The van der Waals surface area contributed by atoms with Gasteiger partial charge in [0.1, 0.15) is 5.75 Å². The van der Waals surface area contributed by atoms with Crippen LogP contribution < -0.4 is 4.74 Å². The maximum Gasteiger partial charge on any atom is 0.237 e. The number of nitrogens with zero attached hydrogens (tertiary/aromatic N) is 6. The molecule has 0 amide bonds. The van der Waals surface area contributed by atoms with Gasteiger partial charge in [-0.15, -0.1) is 10.2 Å². The number of pyridine rings is 1. The predicted octanol–water partition coefficient (Wildman–Crippen LogP) is 5.13. The molecule has 170 valence electrons. The first-order valence-electron chi connectivity index (χ1n) is 10.9. The van der Waals surface area contributed by atoms with Gasteiger partial charge >= 0.3 is 0 Å². The highest BCUT2D eigenvalue weighted by molar-refractivity contribution is 7.98. The van der Waals surface area contributed by atoms with E-state index in [9.17, 15) is 0 Å². The van der Waals surface area contributed by atoms with Crippen molar-refractivity contribution in [3.05, 3.63) is 90.6 Å². The lowest BCUT2D eigenvalue weighted by atomic mass is 10.2. The van der Waals surface area contributed by atoms with Crippen LogP contribution in [-0.2, 0) is 12.3 Å². The third kappa shape index (κ3) is 4.84. The first-order valence-corrected chi connectivity index (χ1v) is 11.9. The van der Waals surface area contributed by atoms with Crippen LogP contribution in [0.3, 0.4) is 0 Å². The van der Waals surface area contributed by atoms with E-state index in [1.54, 1.807) is 12.4 Å². The van der Waals surface area contributed by atoms with Gasteiger partial charge in [0.15, 0.2) is 11.0 Å². The van der Waals surface area contributed by atoms with Crippen LogP contribution in [-0.4, -0.2) is 36.5 Å². The number of para-hydroxylation sites is 1. The van der Waals surface area contributed by atoms with Gasteiger partial charge in [0, 0.05) is 18.0 Å². The van der Waals surface area contributed by atoms with Crippen molar-refractivity contribution in [2.45, 2.75) is 24.4 Å². The molecule has 3 heterocycles. The molecule has 0 saturated heterocycles. The Hall–Kier alpha value is -3.98. The molecule has 3 aromatic heterocycles. The number of ether oxygens (including phenoxy) is 1. The van der Waals surface area contributed by atoms with Crippen LogP contribution in [0.25, 0.3) is 22.8 Å². The van der Waals surface area contributed by atoms with Gasteiger partial charge in [-0.05, 0) is 36.8 Å². The van der Waals surface area contributed by atoms with E-state index in [1.807, 2.05) is 61.5 Å². The van der Waals surface area contributed by atoms with E-state index < -0.39 is 0 Å². The quantitative estimate of drug-likeness (QED) is 0.274. The van der Waals surface area contributed by atoms with Crippen LogP contribution >= 0.6 is 11.8 Å². The van der Waals surface area contributed by atoms with Crippen molar-refractivity contribution in [3.8, 4) is 28.5 Å². The highest BCUT2D eigenvalue weighted by atomic mass is 32.2. The van der Waals surface area contributed by atoms with E-state index in [0.717, 1.165) is 33.4 Å². The number of aromatic nitrogens is 6. The number of hydrogen-bond donors (Lipinski definition) is 0. The minimum atomic E-state index is 0.462. The van der Waals surface area contributed by atoms with Crippen LogP contribution in [0.5, 0.6) is 5.75 Å². The van der Waals surface area contributed by atoms with Gasteiger partial charge in [-0.3, -0.25) is 9.55 Å². The van der Waals surface area contributed by atoms with Gasteiger partial charge < -0.3 is 9.26 Å². The highest BCUT2D eigenvalue weighted by Crippen LogP contribution is 2.30. The van der Waals surface area contributed by atoms with Crippen LogP contribution in [0.4, 0.5) is 0 Å². The Labute approximate surface area is 201 Å². The van der Waals surface area contributed by atoms with Crippen molar-refractivity contribution in [1.82, 2.24) is 29.9 Å². The lowest BCUT2D eigenvalue weighted by Gasteiger charge is -2.10. The molecule has 0 atom stereocenters. The van der Waals surface area contributed by atoms with E-state index in [-0.39, 0.29) is 0 Å². The summed E-state index contributed by atoms with van der Waals surface area (Å²) < 4.78 is 13.3. The summed E-state index contributed by atoms with van der Waals surface area (Å²) in [5.41, 5.74) is 2.86. The van der Waals surface area contributed by atoms with Gasteiger partial charge in [0.2, 0.25) is 11.7 Å². The summed E-state index contributed by atoms with van der Waals surface area (Å²) in [5, 5.41) is 13.8. The maximum atomic E-state index is 5.69. The van der Waals surface area contributed by atoms with Crippen molar-refractivity contribution in [1.29, 1.82) is 0 Å². The highest BCUT2D eigenvalue weighted by Gasteiger charge is 2.18. The van der Waals surface area contributed by atoms with Crippen LogP contribution in [0.1, 0.15) is 18.4 Å². The van der Waals surface area contributed by atoms with Gasteiger partial charge in [0.25, 0.3) is 0 Å². The van der Waals surface area contributed by atoms with Crippen molar-refractivity contribution in [2.24, 2.45) is 0 Å². The molecule has 0 saturated carbocycles. The molecule has 5 aromatic rings. The number of thioether (sulfide) groups is 1. The molecule has 34 heavy (non-hydrogen) atoms. The molecule has 0 fully saturated rings. The monoisotopic (exact) mass is 470 g/mol. The van der Waals surface area contributed by atoms with Gasteiger partial charge in [0.05, 0.1) is 24.5 Å². The summed E-state index contributed by atoms with van der Waals surface area (Å²) in [5.74, 6) is 2.96. The van der Waals surface area contributed by atoms with E-state index in [4.69, 9.17) is 9.26 Å². The summed E-state index contributed by atoms with van der Waals surface area (Å²) in [6.45, 7) is 3.14. The number of hydrogen-bond acceptors (Lipinski definition) is 8. The Kier molecular flexibility index (Phi) is 6.62. The Balaban J connectivity index is 1.39. The van der Waals surface area contributed by atoms with E-state index in [2.05, 4.69) is 42.0 Å². The maximum absolute atomic E-state index is 5.69. The Morgan fingerprint density at radius 3 is 2.65 bits per heavy atom. The van der Waals surface area contributed by atoms with Crippen LogP contribution in [0.2, 0.25) is 0 Å². The summed E-state index contributed by atoms with van der Waals surface area (Å²) in [7, 11) is 0. The summed E-state index contributed by atoms with van der Waals surface area (Å²) in [6.07, 6.45) is 3.54. The molecule has 0 N–H and O–H groups in total. The molecule has 0 aliphatic heterocycles. The Morgan fingerprint density at radius 1 is 0.971 bits per heavy atom. The first kappa shape index (κ1) is 21.8. The fourth-order valence-electron chi connectivity index (χ4n) is 3.49. The average molecular weight is 471 g/mol. The van der Waals surface area contributed by atoms with E-state index in [0.29, 0.717) is 30.6 Å². The van der Waals surface area contributed by atoms with E-state index >= 15 is 0 Å². The number of benzene rings is 2. The van der Waals surface area contributed by atoms with Crippen molar-refractivity contribution >= 4 is 11.8 Å². The third-order valence-electron chi connectivity index (χ3n) is 5.04. The topological polar surface area (TPSA) is 91.8 Å². The molecule has 0 unspecified atom stereocenters. The molecule has 5 rings (SSSR count). The van der Waals surface area contributed by atoms with Gasteiger partial charge in [-0.1, -0.05) is 59.4 Å². The SMILES string of the molecule is CCOc1ccccc1-c1noc(CSc2nnc(-c3cccnc3)n2Cc2ccccc2)n1. The Morgan fingerprint density at radius 2 is 1.82 bits per heavy atom. The molecule has 0 bridgehead atoms. The predicted molar refractivity (Wildman–Crippen MR) is 129 cm³/mol. The molecule has 0 aliphatic rings. The van der Waals surface area contributed by atoms with Gasteiger partial charge in [-0.25, -0.2) is 0 Å². The average Bonchev–Trinajstić information content (AvgIpc) is 3.52. The van der Waals surface area contributed by atoms with Crippen molar-refractivity contribution < 1.29 is 9.26 Å². The Bertz CT molecular complexity index is 1350. The molecule has 8 nitrogen and oxygen atoms in total. The smallest absolute Gasteiger partial charge is 0.237 e. The number of rotatable bonds is 9. The second kappa shape index (κ2) is 10.3. The van der Waals surface area contributed by atoms with Crippen LogP contribution in [0.15, 0.2) is 88.8 Å². The zero-order chi connectivity index (χ0) is 23.2. The minimum Gasteiger partial charge on any atom is -0.493 e. The zero-order valence-electron chi connectivity index (χ0n) is 18.5. The molecule has 9 heteroatoms. The molecule has 0 spiro atoms. The molecular formula is C25H22N6O2S. The fourth-order valence-corrected chi connectivity index (χ4v) is 4.27. The normalized spacial score (nSPS) is 11.0. The largest absolute Gasteiger partial charge is 0.493 e. The first-order chi connectivity index (χ1) is 16.8. The summed E-state index contributed by atoms with van der Waals surface area (Å²) in [4.78, 5) is 8.80. The molecule has 0 aliphatic carbocycles. The van der Waals surface area contributed by atoms with E-state index in [1.165, 1.54) is 11.8 Å². The lowest BCUT2D eigenvalue weighted by molar-refractivity contribution is 0.341. The summed E-state index contributed by atoms with van der Waals surface area (Å²) >= 11 is 1.50.